The number of pyridine rings is 1. The highest BCUT2D eigenvalue weighted by Crippen LogP contribution is 2.25. The van der Waals surface area contributed by atoms with Crippen LogP contribution in [0.3, 0.4) is 0 Å². The summed E-state index contributed by atoms with van der Waals surface area (Å²) in [6.07, 6.45) is 1.76. The van der Waals surface area contributed by atoms with Gasteiger partial charge in [-0.1, -0.05) is 0 Å². The topological polar surface area (TPSA) is 49.8 Å². The minimum atomic E-state index is 0.465. The molecule has 1 aromatic rings. The van der Waals surface area contributed by atoms with Gasteiger partial charge in [-0.3, -0.25) is 0 Å². The Morgan fingerprint density at radius 3 is 2.35 bits per heavy atom. The maximum atomic E-state index is 5.59. The summed E-state index contributed by atoms with van der Waals surface area (Å²) in [4.78, 5) is 4.20. The van der Waals surface area contributed by atoms with Crippen LogP contribution in [-0.4, -0.2) is 44.6 Å². The van der Waals surface area contributed by atoms with E-state index in [1.54, 1.807) is 6.20 Å². The average molecular weight is 239 g/mol. The highest BCUT2D eigenvalue weighted by Gasteiger charge is 2.08. The molecule has 94 valence electrons. The number of nitrogens with zero attached hydrogens (tertiary/aromatic N) is 1. The molecule has 1 aliphatic heterocycles. The van der Waals surface area contributed by atoms with E-state index in [-0.39, 0.29) is 0 Å². The predicted molar refractivity (Wildman–Crippen MR) is 61.6 cm³/mol. The molecule has 0 saturated heterocycles. The zero-order chi connectivity index (χ0) is 11.9. The molecule has 2 heterocycles. The predicted octanol–water partition coefficient (Wildman–Crippen LogP) is 1.19. The third-order valence-electron chi connectivity index (χ3n) is 2.28. The van der Waals surface area contributed by atoms with Gasteiger partial charge in [0.25, 0.3) is 5.88 Å². The third-order valence-corrected chi connectivity index (χ3v) is 2.28. The molecule has 0 atom stereocenters. The number of fused-ring (bicyclic) bond motifs is 1. The Hall–Kier alpha value is -1.33. The van der Waals surface area contributed by atoms with Crippen LogP contribution in [0.4, 0.5) is 0 Å². The minimum Gasteiger partial charge on any atom is -0.486 e. The van der Waals surface area contributed by atoms with E-state index in [0.717, 1.165) is 5.56 Å². The Morgan fingerprint density at radius 2 is 1.59 bits per heavy atom. The fraction of sp³-hybridized carbons (Fsp3) is 0.583. The van der Waals surface area contributed by atoms with Gasteiger partial charge in [-0.15, -0.1) is 0 Å². The summed E-state index contributed by atoms with van der Waals surface area (Å²) in [6.45, 7) is 5.15. The first-order chi connectivity index (χ1) is 8.36. The molecular weight excluding hydrogens is 222 g/mol. The molecule has 0 fully saturated rings. The second kappa shape index (κ2) is 6.42. The van der Waals surface area contributed by atoms with E-state index in [0.29, 0.717) is 51.3 Å². The SMILES string of the molecule is Cc1cnc2c(c1)OCCOCCOCCO2. The highest BCUT2D eigenvalue weighted by molar-refractivity contribution is 5.35. The lowest BCUT2D eigenvalue weighted by atomic mass is 10.3. The van der Waals surface area contributed by atoms with Crippen molar-refractivity contribution in [3.05, 3.63) is 17.8 Å². The quantitative estimate of drug-likeness (QED) is 0.680. The second-order valence-electron chi connectivity index (χ2n) is 3.74. The van der Waals surface area contributed by atoms with Crippen LogP contribution < -0.4 is 9.47 Å². The summed E-state index contributed by atoms with van der Waals surface area (Å²) in [5.41, 5.74) is 1.04. The fourth-order valence-corrected chi connectivity index (χ4v) is 1.47. The van der Waals surface area contributed by atoms with Crippen LogP contribution in [0.15, 0.2) is 12.3 Å². The standard InChI is InChI=1S/C12H17NO4/c1-10-8-11-12(13-9-10)17-7-5-15-3-2-14-4-6-16-11/h8-9H,2-7H2,1H3. The van der Waals surface area contributed by atoms with Gasteiger partial charge in [0.15, 0.2) is 5.75 Å². The molecule has 0 amide bonds. The number of hydrogen-bond donors (Lipinski definition) is 0. The van der Waals surface area contributed by atoms with Gasteiger partial charge in [-0.2, -0.15) is 0 Å². The summed E-state index contributed by atoms with van der Waals surface area (Å²) in [5, 5.41) is 0. The number of aryl methyl sites for hydroxylation is 1. The monoisotopic (exact) mass is 239 g/mol. The molecule has 0 saturated carbocycles. The Morgan fingerprint density at radius 1 is 0.941 bits per heavy atom. The lowest BCUT2D eigenvalue weighted by Gasteiger charge is -2.14. The average Bonchev–Trinajstić information content (AvgIpc) is 2.31. The van der Waals surface area contributed by atoms with Gasteiger partial charge >= 0.3 is 0 Å². The van der Waals surface area contributed by atoms with Crippen molar-refractivity contribution in [2.75, 3.05) is 39.6 Å². The van der Waals surface area contributed by atoms with Gasteiger partial charge in [0.05, 0.1) is 26.4 Å². The first-order valence-electron chi connectivity index (χ1n) is 5.74. The highest BCUT2D eigenvalue weighted by atomic mass is 16.6. The molecule has 0 N–H and O–H groups in total. The van der Waals surface area contributed by atoms with Gasteiger partial charge < -0.3 is 18.9 Å². The fourth-order valence-electron chi connectivity index (χ4n) is 1.47. The van der Waals surface area contributed by atoms with Crippen molar-refractivity contribution in [1.82, 2.24) is 4.98 Å². The van der Waals surface area contributed by atoms with Crippen LogP contribution in [0, 0.1) is 6.92 Å². The van der Waals surface area contributed by atoms with Crippen molar-refractivity contribution in [3.8, 4) is 11.6 Å². The van der Waals surface area contributed by atoms with E-state index < -0.39 is 0 Å². The van der Waals surface area contributed by atoms with Crippen molar-refractivity contribution in [2.45, 2.75) is 6.92 Å². The summed E-state index contributed by atoms with van der Waals surface area (Å²) < 4.78 is 21.8. The molecule has 0 unspecified atom stereocenters. The maximum Gasteiger partial charge on any atom is 0.257 e. The van der Waals surface area contributed by atoms with Crippen molar-refractivity contribution in [2.24, 2.45) is 0 Å². The number of rotatable bonds is 0. The molecule has 2 rings (SSSR count). The Balaban J connectivity index is 2.05. The van der Waals surface area contributed by atoms with Gasteiger partial charge in [-0.05, 0) is 18.6 Å². The molecule has 0 aromatic carbocycles. The number of hydrogen-bond acceptors (Lipinski definition) is 5. The second-order valence-corrected chi connectivity index (χ2v) is 3.74. The van der Waals surface area contributed by atoms with Gasteiger partial charge in [-0.25, -0.2) is 4.98 Å². The van der Waals surface area contributed by atoms with Crippen LogP contribution >= 0.6 is 0 Å². The van der Waals surface area contributed by atoms with Crippen molar-refractivity contribution >= 4 is 0 Å². The van der Waals surface area contributed by atoms with E-state index in [1.165, 1.54) is 0 Å². The normalized spacial score (nSPS) is 17.9. The van der Waals surface area contributed by atoms with E-state index in [2.05, 4.69) is 4.98 Å². The largest absolute Gasteiger partial charge is 0.486 e. The van der Waals surface area contributed by atoms with E-state index in [1.807, 2.05) is 13.0 Å². The molecule has 5 nitrogen and oxygen atoms in total. The summed E-state index contributed by atoms with van der Waals surface area (Å²) in [5.74, 6) is 1.17. The summed E-state index contributed by atoms with van der Waals surface area (Å²) >= 11 is 0. The summed E-state index contributed by atoms with van der Waals surface area (Å²) in [6, 6.07) is 1.91. The minimum absolute atomic E-state index is 0.465. The Bertz CT molecular complexity index is 356. The lowest BCUT2D eigenvalue weighted by Crippen LogP contribution is -2.16. The Labute approximate surface area is 101 Å². The van der Waals surface area contributed by atoms with E-state index in [4.69, 9.17) is 18.9 Å². The van der Waals surface area contributed by atoms with Crippen LogP contribution in [0.2, 0.25) is 0 Å². The molecule has 0 spiro atoms. The van der Waals surface area contributed by atoms with Crippen LogP contribution in [0.1, 0.15) is 5.56 Å². The van der Waals surface area contributed by atoms with Crippen LogP contribution in [0.25, 0.3) is 0 Å². The van der Waals surface area contributed by atoms with Gasteiger partial charge in [0.2, 0.25) is 0 Å². The molecule has 1 aliphatic rings. The zero-order valence-corrected chi connectivity index (χ0v) is 9.98. The lowest BCUT2D eigenvalue weighted by molar-refractivity contribution is 0.0215. The van der Waals surface area contributed by atoms with Crippen LogP contribution in [0.5, 0.6) is 11.6 Å². The maximum absolute atomic E-state index is 5.59. The molecule has 1 aromatic heterocycles. The first kappa shape index (κ1) is 12.1. The zero-order valence-electron chi connectivity index (χ0n) is 9.98. The van der Waals surface area contributed by atoms with Crippen LogP contribution in [-0.2, 0) is 9.47 Å². The first-order valence-corrected chi connectivity index (χ1v) is 5.74. The number of ether oxygens (including phenoxy) is 4. The molecule has 17 heavy (non-hydrogen) atoms. The Kier molecular flexibility index (Phi) is 4.58. The van der Waals surface area contributed by atoms with Crippen molar-refractivity contribution < 1.29 is 18.9 Å². The number of aromatic nitrogens is 1. The molecule has 0 radical (unpaired) electrons. The van der Waals surface area contributed by atoms with Gasteiger partial charge in [0.1, 0.15) is 13.2 Å². The van der Waals surface area contributed by atoms with E-state index >= 15 is 0 Å². The molecule has 5 heteroatoms. The third kappa shape index (κ3) is 3.87. The smallest absolute Gasteiger partial charge is 0.257 e. The molecule has 0 aliphatic carbocycles. The van der Waals surface area contributed by atoms with Crippen molar-refractivity contribution in [1.29, 1.82) is 0 Å². The van der Waals surface area contributed by atoms with Gasteiger partial charge in [0, 0.05) is 6.20 Å². The van der Waals surface area contributed by atoms with Crippen molar-refractivity contribution in [3.63, 3.8) is 0 Å². The summed E-state index contributed by atoms with van der Waals surface area (Å²) in [7, 11) is 0. The molecular formula is C12H17NO4. The van der Waals surface area contributed by atoms with E-state index in [9.17, 15) is 0 Å². The molecule has 0 bridgehead atoms.